The zero-order valence-electron chi connectivity index (χ0n) is 10.4. The summed E-state index contributed by atoms with van der Waals surface area (Å²) in [5.74, 6) is 0.750. The van der Waals surface area contributed by atoms with E-state index in [4.69, 9.17) is 10.00 Å². The summed E-state index contributed by atoms with van der Waals surface area (Å²) >= 11 is 1.65. The van der Waals surface area contributed by atoms with Crippen LogP contribution in [0, 0.1) is 18.3 Å². The van der Waals surface area contributed by atoms with E-state index in [0.29, 0.717) is 12.2 Å². The van der Waals surface area contributed by atoms with Gasteiger partial charge in [-0.3, -0.25) is 0 Å². The standard InChI is InChI=1S/C14H14N2OS/c1-3-14-16-12(9-18-14)8-17-13-6-11(7-15)5-4-10(13)2/h4-6,9H,3,8H2,1-2H3. The molecule has 0 N–H and O–H groups in total. The molecule has 0 amide bonds. The Labute approximate surface area is 111 Å². The molecule has 0 unspecified atom stereocenters. The van der Waals surface area contributed by atoms with Crippen molar-refractivity contribution in [1.82, 2.24) is 4.98 Å². The number of aryl methyl sites for hydroxylation is 2. The number of hydrogen-bond acceptors (Lipinski definition) is 4. The van der Waals surface area contributed by atoms with E-state index in [-0.39, 0.29) is 0 Å². The fraction of sp³-hybridized carbons (Fsp3) is 0.286. The van der Waals surface area contributed by atoms with Gasteiger partial charge < -0.3 is 4.74 Å². The summed E-state index contributed by atoms with van der Waals surface area (Å²) in [6, 6.07) is 7.57. The van der Waals surface area contributed by atoms with Crippen LogP contribution < -0.4 is 4.74 Å². The Morgan fingerprint density at radius 1 is 1.44 bits per heavy atom. The van der Waals surface area contributed by atoms with Crippen molar-refractivity contribution in [3.05, 3.63) is 45.4 Å². The normalized spacial score (nSPS) is 10.1. The van der Waals surface area contributed by atoms with Gasteiger partial charge in [-0.2, -0.15) is 5.26 Å². The summed E-state index contributed by atoms with van der Waals surface area (Å²) in [6.07, 6.45) is 0.952. The minimum absolute atomic E-state index is 0.451. The monoisotopic (exact) mass is 258 g/mol. The third-order valence-electron chi connectivity index (χ3n) is 2.59. The molecule has 0 aliphatic heterocycles. The Kier molecular flexibility index (Phi) is 3.96. The second-order valence-corrected chi connectivity index (χ2v) is 4.91. The van der Waals surface area contributed by atoms with Gasteiger partial charge in [-0.1, -0.05) is 13.0 Å². The number of thiazole rings is 1. The maximum atomic E-state index is 8.86. The van der Waals surface area contributed by atoms with Crippen LogP contribution in [0.4, 0.5) is 0 Å². The van der Waals surface area contributed by atoms with Gasteiger partial charge in [0, 0.05) is 5.38 Å². The van der Waals surface area contributed by atoms with E-state index >= 15 is 0 Å². The van der Waals surface area contributed by atoms with Crippen molar-refractivity contribution in [1.29, 1.82) is 5.26 Å². The lowest BCUT2D eigenvalue weighted by molar-refractivity contribution is 0.300. The highest BCUT2D eigenvalue weighted by molar-refractivity contribution is 7.09. The molecule has 18 heavy (non-hydrogen) atoms. The molecule has 1 aromatic heterocycles. The summed E-state index contributed by atoms with van der Waals surface area (Å²) in [5, 5.41) is 12.0. The molecule has 0 atom stereocenters. The van der Waals surface area contributed by atoms with E-state index in [2.05, 4.69) is 18.0 Å². The van der Waals surface area contributed by atoms with E-state index < -0.39 is 0 Å². The molecule has 0 bridgehead atoms. The van der Waals surface area contributed by atoms with E-state index in [1.165, 1.54) is 0 Å². The van der Waals surface area contributed by atoms with Crippen LogP contribution in [0.2, 0.25) is 0 Å². The van der Waals surface area contributed by atoms with Gasteiger partial charge in [0.05, 0.1) is 22.3 Å². The van der Waals surface area contributed by atoms with Gasteiger partial charge in [-0.05, 0) is 31.0 Å². The quantitative estimate of drug-likeness (QED) is 0.843. The molecule has 4 heteroatoms. The number of aromatic nitrogens is 1. The van der Waals surface area contributed by atoms with Crippen LogP contribution in [0.25, 0.3) is 0 Å². The second-order valence-electron chi connectivity index (χ2n) is 3.97. The van der Waals surface area contributed by atoms with Gasteiger partial charge >= 0.3 is 0 Å². The summed E-state index contributed by atoms with van der Waals surface area (Å²) in [4.78, 5) is 4.44. The van der Waals surface area contributed by atoms with Crippen molar-refractivity contribution >= 4 is 11.3 Å². The molecule has 2 aromatic rings. The zero-order valence-corrected chi connectivity index (χ0v) is 11.3. The Morgan fingerprint density at radius 2 is 2.28 bits per heavy atom. The third-order valence-corrected chi connectivity index (χ3v) is 3.64. The van der Waals surface area contributed by atoms with Crippen LogP contribution in [0.5, 0.6) is 5.75 Å². The number of hydrogen-bond donors (Lipinski definition) is 0. The maximum absolute atomic E-state index is 8.86. The Balaban J connectivity index is 2.08. The predicted octanol–water partition coefficient (Wildman–Crippen LogP) is 3.46. The summed E-state index contributed by atoms with van der Waals surface area (Å²) in [6.45, 7) is 4.51. The smallest absolute Gasteiger partial charge is 0.131 e. The molecule has 2 rings (SSSR count). The molecular weight excluding hydrogens is 244 g/mol. The van der Waals surface area contributed by atoms with Crippen molar-refractivity contribution in [2.24, 2.45) is 0 Å². The highest BCUT2D eigenvalue weighted by Crippen LogP contribution is 2.21. The highest BCUT2D eigenvalue weighted by atomic mass is 32.1. The molecule has 92 valence electrons. The number of rotatable bonds is 4. The molecule has 0 fully saturated rings. The average Bonchev–Trinajstić information content (AvgIpc) is 2.86. The molecule has 1 aromatic carbocycles. The molecule has 0 radical (unpaired) electrons. The first-order valence-electron chi connectivity index (χ1n) is 5.79. The largest absolute Gasteiger partial charge is 0.487 e. The van der Waals surface area contributed by atoms with Crippen LogP contribution >= 0.6 is 11.3 Å². The van der Waals surface area contributed by atoms with Gasteiger partial charge in [-0.25, -0.2) is 4.98 Å². The Bertz CT molecular complexity index is 584. The van der Waals surface area contributed by atoms with Gasteiger partial charge in [0.25, 0.3) is 0 Å². The first-order chi connectivity index (χ1) is 8.72. The lowest BCUT2D eigenvalue weighted by Crippen LogP contribution is -1.98. The van der Waals surface area contributed by atoms with Crippen LogP contribution in [-0.2, 0) is 13.0 Å². The molecule has 0 saturated heterocycles. The van der Waals surface area contributed by atoms with Gasteiger partial charge in [0.2, 0.25) is 0 Å². The second kappa shape index (κ2) is 5.65. The molecule has 0 aliphatic rings. The van der Waals surface area contributed by atoms with Gasteiger partial charge in [-0.15, -0.1) is 11.3 Å². The average molecular weight is 258 g/mol. The SMILES string of the molecule is CCc1nc(COc2cc(C#N)ccc2C)cs1. The summed E-state index contributed by atoms with van der Waals surface area (Å²) in [5.41, 5.74) is 2.58. The number of nitrogens with zero attached hydrogens (tertiary/aromatic N) is 2. The Hall–Kier alpha value is -1.86. The molecule has 0 aliphatic carbocycles. The number of ether oxygens (including phenoxy) is 1. The van der Waals surface area contributed by atoms with E-state index in [9.17, 15) is 0 Å². The summed E-state index contributed by atoms with van der Waals surface area (Å²) < 4.78 is 5.72. The first kappa shape index (κ1) is 12.6. The van der Waals surface area contributed by atoms with Crippen LogP contribution in [-0.4, -0.2) is 4.98 Å². The van der Waals surface area contributed by atoms with E-state index in [1.807, 2.05) is 18.4 Å². The first-order valence-corrected chi connectivity index (χ1v) is 6.67. The predicted molar refractivity (Wildman–Crippen MR) is 71.7 cm³/mol. The molecule has 3 nitrogen and oxygen atoms in total. The van der Waals surface area contributed by atoms with Gasteiger partial charge in [0.15, 0.2) is 0 Å². The minimum Gasteiger partial charge on any atom is -0.487 e. The van der Waals surface area contributed by atoms with Crippen molar-refractivity contribution in [3.8, 4) is 11.8 Å². The van der Waals surface area contributed by atoms with Crippen LogP contribution in [0.3, 0.4) is 0 Å². The van der Waals surface area contributed by atoms with Crippen molar-refractivity contribution in [2.45, 2.75) is 26.9 Å². The highest BCUT2D eigenvalue weighted by Gasteiger charge is 2.04. The fourth-order valence-corrected chi connectivity index (χ4v) is 2.28. The number of nitriles is 1. The van der Waals surface area contributed by atoms with Crippen molar-refractivity contribution in [2.75, 3.05) is 0 Å². The third kappa shape index (κ3) is 2.88. The fourth-order valence-electron chi connectivity index (χ4n) is 1.55. The molecule has 0 spiro atoms. The number of benzene rings is 1. The van der Waals surface area contributed by atoms with Crippen LogP contribution in [0.1, 0.15) is 28.8 Å². The summed E-state index contributed by atoms with van der Waals surface area (Å²) in [7, 11) is 0. The van der Waals surface area contributed by atoms with Crippen molar-refractivity contribution < 1.29 is 4.74 Å². The van der Waals surface area contributed by atoms with Crippen molar-refractivity contribution in [3.63, 3.8) is 0 Å². The molecule has 1 heterocycles. The molecular formula is C14H14N2OS. The lowest BCUT2D eigenvalue weighted by atomic mass is 10.1. The lowest BCUT2D eigenvalue weighted by Gasteiger charge is -2.07. The maximum Gasteiger partial charge on any atom is 0.131 e. The Morgan fingerprint density at radius 3 is 2.94 bits per heavy atom. The van der Waals surface area contributed by atoms with E-state index in [0.717, 1.165) is 28.4 Å². The molecule has 0 saturated carbocycles. The van der Waals surface area contributed by atoms with E-state index in [1.54, 1.807) is 23.5 Å². The topological polar surface area (TPSA) is 45.9 Å². The van der Waals surface area contributed by atoms with Gasteiger partial charge in [0.1, 0.15) is 12.4 Å². The minimum atomic E-state index is 0.451. The van der Waals surface area contributed by atoms with Crippen LogP contribution in [0.15, 0.2) is 23.6 Å². The zero-order chi connectivity index (χ0) is 13.0.